The van der Waals surface area contributed by atoms with Gasteiger partial charge < -0.3 is 14.9 Å². The zero-order chi connectivity index (χ0) is 10.8. The highest BCUT2D eigenvalue weighted by Crippen LogP contribution is 2.30. The van der Waals surface area contributed by atoms with E-state index in [-0.39, 0.29) is 5.84 Å². The molecule has 0 saturated carbocycles. The van der Waals surface area contributed by atoms with Crippen LogP contribution in [0.15, 0.2) is 28.9 Å². The molecule has 78 valence electrons. The SMILES string of the molecule is COc1c(CC(=N)N)ccc2ccoc12. The second-order valence-corrected chi connectivity index (χ2v) is 3.30. The molecule has 0 saturated heterocycles. The summed E-state index contributed by atoms with van der Waals surface area (Å²) < 4.78 is 10.6. The van der Waals surface area contributed by atoms with Crippen LogP contribution in [0.4, 0.5) is 0 Å². The molecule has 0 radical (unpaired) electrons. The van der Waals surface area contributed by atoms with E-state index in [0.29, 0.717) is 17.8 Å². The van der Waals surface area contributed by atoms with Gasteiger partial charge in [-0.05, 0) is 6.07 Å². The number of benzene rings is 1. The predicted molar refractivity (Wildman–Crippen MR) is 58.4 cm³/mol. The molecule has 0 fully saturated rings. The van der Waals surface area contributed by atoms with Gasteiger partial charge in [-0.25, -0.2) is 0 Å². The van der Waals surface area contributed by atoms with Crippen LogP contribution in [0.1, 0.15) is 5.56 Å². The molecule has 15 heavy (non-hydrogen) atoms. The number of nitrogens with two attached hydrogens (primary N) is 1. The van der Waals surface area contributed by atoms with Gasteiger partial charge in [-0.1, -0.05) is 12.1 Å². The van der Waals surface area contributed by atoms with Gasteiger partial charge in [0.1, 0.15) is 0 Å². The fourth-order valence-electron chi connectivity index (χ4n) is 1.62. The quantitative estimate of drug-likeness (QED) is 0.592. The number of ether oxygens (including phenoxy) is 1. The van der Waals surface area contributed by atoms with E-state index in [1.165, 1.54) is 0 Å². The summed E-state index contributed by atoms with van der Waals surface area (Å²) in [6.45, 7) is 0. The Morgan fingerprint density at radius 3 is 2.93 bits per heavy atom. The maximum Gasteiger partial charge on any atom is 0.175 e. The molecular weight excluding hydrogens is 192 g/mol. The number of nitrogens with one attached hydrogen (secondary N) is 1. The molecular formula is C11H12N2O2. The summed E-state index contributed by atoms with van der Waals surface area (Å²) in [6.07, 6.45) is 1.99. The van der Waals surface area contributed by atoms with Gasteiger partial charge in [0.2, 0.25) is 0 Å². The highest BCUT2D eigenvalue weighted by Gasteiger charge is 2.11. The van der Waals surface area contributed by atoms with Crippen LogP contribution < -0.4 is 10.5 Å². The van der Waals surface area contributed by atoms with Crippen molar-refractivity contribution in [3.05, 3.63) is 30.0 Å². The van der Waals surface area contributed by atoms with Crippen LogP contribution in [0.3, 0.4) is 0 Å². The highest BCUT2D eigenvalue weighted by atomic mass is 16.5. The fourth-order valence-corrected chi connectivity index (χ4v) is 1.62. The number of hydrogen-bond acceptors (Lipinski definition) is 3. The minimum atomic E-state index is 0.110. The summed E-state index contributed by atoms with van der Waals surface area (Å²) in [5, 5.41) is 8.25. The Labute approximate surface area is 87.1 Å². The monoisotopic (exact) mass is 204 g/mol. The summed E-state index contributed by atoms with van der Waals surface area (Å²) in [4.78, 5) is 0. The maximum absolute atomic E-state index is 7.27. The minimum Gasteiger partial charge on any atom is -0.493 e. The first kappa shape index (κ1) is 9.58. The molecule has 4 heteroatoms. The Hall–Kier alpha value is -1.97. The van der Waals surface area contributed by atoms with Gasteiger partial charge in [0, 0.05) is 17.4 Å². The molecule has 0 spiro atoms. The van der Waals surface area contributed by atoms with E-state index in [4.69, 9.17) is 20.3 Å². The van der Waals surface area contributed by atoms with Crippen LogP contribution in [0.2, 0.25) is 0 Å². The Bertz CT molecular complexity index is 502. The zero-order valence-corrected chi connectivity index (χ0v) is 8.41. The summed E-state index contributed by atoms with van der Waals surface area (Å²) in [5.74, 6) is 0.770. The minimum absolute atomic E-state index is 0.110. The number of fused-ring (bicyclic) bond motifs is 1. The van der Waals surface area contributed by atoms with Gasteiger partial charge in [0.05, 0.1) is 19.2 Å². The Balaban J connectivity index is 2.58. The Morgan fingerprint density at radius 1 is 1.47 bits per heavy atom. The average molecular weight is 204 g/mol. The van der Waals surface area contributed by atoms with Gasteiger partial charge in [0.15, 0.2) is 11.3 Å². The molecule has 2 rings (SSSR count). The lowest BCUT2D eigenvalue weighted by molar-refractivity contribution is 0.406. The topological polar surface area (TPSA) is 72.2 Å². The third-order valence-corrected chi connectivity index (χ3v) is 2.24. The van der Waals surface area contributed by atoms with Crippen LogP contribution in [0.25, 0.3) is 11.0 Å². The predicted octanol–water partition coefficient (Wildman–Crippen LogP) is 1.92. The molecule has 3 N–H and O–H groups in total. The van der Waals surface area contributed by atoms with E-state index in [0.717, 1.165) is 10.9 Å². The lowest BCUT2D eigenvalue weighted by Crippen LogP contribution is -2.13. The molecule has 0 aliphatic carbocycles. The molecule has 0 amide bonds. The first-order chi connectivity index (χ1) is 7.22. The molecule has 0 aliphatic rings. The molecule has 0 bridgehead atoms. The Morgan fingerprint density at radius 2 is 2.27 bits per heavy atom. The van der Waals surface area contributed by atoms with E-state index >= 15 is 0 Å². The van der Waals surface area contributed by atoms with Gasteiger partial charge in [0.25, 0.3) is 0 Å². The number of hydrogen-bond donors (Lipinski definition) is 2. The molecule has 2 aromatic rings. The van der Waals surface area contributed by atoms with Crippen molar-refractivity contribution in [2.75, 3.05) is 7.11 Å². The van der Waals surface area contributed by atoms with Crippen LogP contribution in [0, 0.1) is 5.41 Å². The number of rotatable bonds is 3. The normalized spacial score (nSPS) is 10.5. The van der Waals surface area contributed by atoms with E-state index in [9.17, 15) is 0 Å². The van der Waals surface area contributed by atoms with E-state index < -0.39 is 0 Å². The first-order valence-electron chi connectivity index (χ1n) is 4.58. The van der Waals surface area contributed by atoms with Crippen LogP contribution in [-0.2, 0) is 6.42 Å². The maximum atomic E-state index is 7.27. The van der Waals surface area contributed by atoms with Crippen molar-refractivity contribution in [2.24, 2.45) is 5.73 Å². The van der Waals surface area contributed by atoms with E-state index in [1.54, 1.807) is 13.4 Å². The van der Waals surface area contributed by atoms with Crippen molar-refractivity contribution < 1.29 is 9.15 Å². The van der Waals surface area contributed by atoms with Gasteiger partial charge in [-0.3, -0.25) is 5.41 Å². The van der Waals surface area contributed by atoms with Crippen molar-refractivity contribution in [3.8, 4) is 5.75 Å². The molecule has 1 aromatic heterocycles. The molecule has 1 heterocycles. The number of furan rings is 1. The van der Waals surface area contributed by atoms with E-state index in [1.807, 2.05) is 18.2 Å². The fraction of sp³-hybridized carbons (Fsp3) is 0.182. The highest BCUT2D eigenvalue weighted by molar-refractivity contribution is 5.87. The van der Waals surface area contributed by atoms with Gasteiger partial charge in [-0.15, -0.1) is 0 Å². The smallest absolute Gasteiger partial charge is 0.175 e. The van der Waals surface area contributed by atoms with Crippen LogP contribution in [-0.4, -0.2) is 12.9 Å². The molecule has 0 atom stereocenters. The number of amidine groups is 1. The van der Waals surface area contributed by atoms with Crippen molar-refractivity contribution in [1.82, 2.24) is 0 Å². The van der Waals surface area contributed by atoms with Crippen molar-refractivity contribution >= 4 is 16.8 Å². The lowest BCUT2D eigenvalue weighted by atomic mass is 10.1. The van der Waals surface area contributed by atoms with Gasteiger partial charge in [-0.2, -0.15) is 0 Å². The second kappa shape index (κ2) is 3.65. The lowest BCUT2D eigenvalue weighted by Gasteiger charge is -2.07. The molecule has 4 nitrogen and oxygen atoms in total. The van der Waals surface area contributed by atoms with Gasteiger partial charge >= 0.3 is 0 Å². The van der Waals surface area contributed by atoms with Crippen molar-refractivity contribution in [1.29, 1.82) is 5.41 Å². The Kier molecular flexibility index (Phi) is 2.33. The van der Waals surface area contributed by atoms with Crippen LogP contribution in [0.5, 0.6) is 5.75 Å². The second-order valence-electron chi connectivity index (χ2n) is 3.30. The van der Waals surface area contributed by atoms with Crippen molar-refractivity contribution in [2.45, 2.75) is 6.42 Å². The average Bonchev–Trinajstić information content (AvgIpc) is 2.64. The van der Waals surface area contributed by atoms with Crippen LogP contribution >= 0.6 is 0 Å². The third kappa shape index (κ3) is 1.66. The summed E-state index contributed by atoms with van der Waals surface area (Å²) in [5.41, 5.74) is 6.94. The number of methoxy groups -OCH3 is 1. The summed E-state index contributed by atoms with van der Waals surface area (Å²) in [6, 6.07) is 5.70. The van der Waals surface area contributed by atoms with E-state index in [2.05, 4.69) is 0 Å². The summed E-state index contributed by atoms with van der Waals surface area (Å²) in [7, 11) is 1.58. The van der Waals surface area contributed by atoms with Crippen molar-refractivity contribution in [3.63, 3.8) is 0 Å². The molecule has 1 aromatic carbocycles. The first-order valence-corrected chi connectivity index (χ1v) is 4.58. The molecule has 0 aliphatic heterocycles. The third-order valence-electron chi connectivity index (χ3n) is 2.24. The largest absolute Gasteiger partial charge is 0.493 e. The summed E-state index contributed by atoms with van der Waals surface area (Å²) >= 11 is 0. The zero-order valence-electron chi connectivity index (χ0n) is 8.41. The standard InChI is InChI=1S/C11H12N2O2/c1-14-10-8(6-9(12)13)3-2-7-4-5-15-11(7)10/h2-5H,6H2,1H3,(H3,12,13). The molecule has 0 unspecified atom stereocenters.